The molecule has 0 radical (unpaired) electrons. The number of fused-ring (bicyclic) bond motifs is 1. The minimum absolute atomic E-state index is 0.0188. The van der Waals surface area contributed by atoms with Gasteiger partial charge in [0.2, 0.25) is 0 Å². The van der Waals surface area contributed by atoms with Gasteiger partial charge in [-0.3, -0.25) is 14.6 Å². The molecule has 1 unspecified atom stereocenters. The summed E-state index contributed by atoms with van der Waals surface area (Å²) in [5, 5.41) is 3.88. The van der Waals surface area contributed by atoms with Gasteiger partial charge >= 0.3 is 0 Å². The minimum atomic E-state index is -0.189. The number of imidazole rings is 1. The lowest BCUT2D eigenvalue weighted by Gasteiger charge is -2.32. The molecule has 1 aliphatic carbocycles. The molecule has 3 aromatic heterocycles. The number of nitrogens with zero attached hydrogens (tertiary/aromatic N) is 3. The maximum atomic E-state index is 12.6. The quantitative estimate of drug-likeness (QED) is 0.709. The van der Waals surface area contributed by atoms with E-state index < -0.39 is 0 Å². The van der Waals surface area contributed by atoms with Crippen molar-refractivity contribution in [2.24, 2.45) is 11.3 Å². The SMILES string of the molecule is Cc1ncc(C(=O)N2CCC3(CC2)CC3CNC(=O)c2cc3ccncc3o2)[nH]1. The van der Waals surface area contributed by atoms with Crippen LogP contribution in [0.2, 0.25) is 0 Å². The molecule has 1 aliphatic heterocycles. The van der Waals surface area contributed by atoms with Crippen molar-refractivity contribution < 1.29 is 14.0 Å². The van der Waals surface area contributed by atoms with Crippen molar-refractivity contribution in [2.75, 3.05) is 19.6 Å². The molecule has 3 aromatic rings. The molecule has 0 bridgehead atoms. The van der Waals surface area contributed by atoms with Crippen LogP contribution in [0.15, 0.2) is 35.1 Å². The monoisotopic (exact) mass is 393 g/mol. The average Bonchev–Trinajstić information content (AvgIpc) is 3.08. The van der Waals surface area contributed by atoms with E-state index in [0.29, 0.717) is 29.5 Å². The second kappa shape index (κ2) is 6.72. The van der Waals surface area contributed by atoms with E-state index in [-0.39, 0.29) is 17.2 Å². The first-order chi connectivity index (χ1) is 14.0. The lowest BCUT2D eigenvalue weighted by molar-refractivity contribution is 0.0663. The maximum absolute atomic E-state index is 12.6. The Balaban J connectivity index is 1.13. The fraction of sp³-hybridized carbons (Fsp3) is 0.429. The number of piperidine rings is 1. The number of furan rings is 1. The van der Waals surface area contributed by atoms with Crippen LogP contribution < -0.4 is 5.32 Å². The molecule has 8 heteroatoms. The first-order valence-corrected chi connectivity index (χ1v) is 9.97. The Hall–Kier alpha value is -3.16. The van der Waals surface area contributed by atoms with E-state index in [1.165, 1.54) is 0 Å². The summed E-state index contributed by atoms with van der Waals surface area (Å²) >= 11 is 0. The van der Waals surface area contributed by atoms with Gasteiger partial charge in [-0.15, -0.1) is 0 Å². The van der Waals surface area contributed by atoms with Gasteiger partial charge in [-0.2, -0.15) is 0 Å². The first-order valence-electron chi connectivity index (χ1n) is 9.97. The van der Waals surface area contributed by atoms with Crippen LogP contribution in [0.5, 0.6) is 0 Å². The second-order valence-corrected chi connectivity index (χ2v) is 8.17. The lowest BCUT2D eigenvalue weighted by Crippen LogP contribution is -2.40. The Morgan fingerprint density at radius 3 is 2.90 bits per heavy atom. The number of pyridine rings is 1. The number of rotatable bonds is 4. The summed E-state index contributed by atoms with van der Waals surface area (Å²) in [6.07, 6.45) is 7.94. The van der Waals surface area contributed by atoms with Gasteiger partial charge in [-0.25, -0.2) is 4.98 Å². The number of hydrogen-bond acceptors (Lipinski definition) is 5. The Morgan fingerprint density at radius 1 is 1.34 bits per heavy atom. The van der Waals surface area contributed by atoms with Gasteiger partial charge in [0.05, 0.1) is 12.4 Å². The number of carbonyl (C=O) groups is 2. The van der Waals surface area contributed by atoms with Crippen molar-refractivity contribution in [3.8, 4) is 0 Å². The summed E-state index contributed by atoms with van der Waals surface area (Å²) in [5.74, 6) is 1.36. The van der Waals surface area contributed by atoms with Crippen LogP contribution >= 0.6 is 0 Å². The lowest BCUT2D eigenvalue weighted by atomic mass is 9.90. The van der Waals surface area contributed by atoms with Crippen LogP contribution in [0.3, 0.4) is 0 Å². The zero-order valence-electron chi connectivity index (χ0n) is 16.3. The average molecular weight is 393 g/mol. The number of carbonyl (C=O) groups excluding carboxylic acids is 2. The number of amides is 2. The minimum Gasteiger partial charge on any atom is -0.449 e. The van der Waals surface area contributed by atoms with Crippen LogP contribution in [-0.4, -0.2) is 51.3 Å². The summed E-state index contributed by atoms with van der Waals surface area (Å²) < 4.78 is 5.58. The van der Waals surface area contributed by atoms with Crippen molar-refractivity contribution in [1.82, 2.24) is 25.2 Å². The summed E-state index contributed by atoms with van der Waals surface area (Å²) in [4.78, 5) is 38.0. The third-order valence-corrected chi connectivity index (χ3v) is 6.39. The summed E-state index contributed by atoms with van der Waals surface area (Å²) in [7, 11) is 0. The van der Waals surface area contributed by atoms with E-state index >= 15 is 0 Å². The Kier molecular flexibility index (Phi) is 4.15. The molecule has 29 heavy (non-hydrogen) atoms. The normalized spacial score (nSPS) is 20.2. The Morgan fingerprint density at radius 2 is 2.17 bits per heavy atom. The number of aromatic amines is 1. The smallest absolute Gasteiger partial charge is 0.287 e. The number of aromatic nitrogens is 3. The Bertz CT molecular complexity index is 1040. The van der Waals surface area contributed by atoms with Gasteiger partial charge in [-0.05, 0) is 49.7 Å². The zero-order chi connectivity index (χ0) is 20.0. The van der Waals surface area contributed by atoms with Crippen LogP contribution in [0, 0.1) is 18.3 Å². The first kappa shape index (κ1) is 17.9. The van der Waals surface area contributed by atoms with Crippen LogP contribution in [0.25, 0.3) is 11.0 Å². The molecule has 2 N–H and O–H groups in total. The highest BCUT2D eigenvalue weighted by Gasteiger charge is 2.54. The van der Waals surface area contributed by atoms with Gasteiger partial charge in [-0.1, -0.05) is 0 Å². The highest BCUT2D eigenvalue weighted by Crippen LogP contribution is 2.59. The summed E-state index contributed by atoms with van der Waals surface area (Å²) in [6.45, 7) is 3.98. The Labute approximate surface area is 167 Å². The molecular weight excluding hydrogens is 370 g/mol. The van der Waals surface area contributed by atoms with Gasteiger partial charge < -0.3 is 19.6 Å². The van der Waals surface area contributed by atoms with E-state index in [9.17, 15) is 9.59 Å². The molecule has 5 rings (SSSR count). The molecule has 2 amide bonds. The van der Waals surface area contributed by atoms with Crippen molar-refractivity contribution in [3.63, 3.8) is 0 Å². The van der Waals surface area contributed by atoms with Crippen LogP contribution in [0.1, 0.15) is 46.1 Å². The number of nitrogens with one attached hydrogen (secondary N) is 2. The van der Waals surface area contributed by atoms with Crippen LogP contribution in [0.4, 0.5) is 0 Å². The standard InChI is InChI=1S/C21H23N5O3/c1-13-23-11-16(25-13)20(28)26-6-3-21(4-7-26)9-15(21)10-24-19(27)17-8-14-2-5-22-12-18(14)29-17/h2,5,8,11-12,15H,3-4,6-7,9-10H2,1H3,(H,23,25)(H,24,27). The molecule has 1 spiro atoms. The summed E-state index contributed by atoms with van der Waals surface area (Å²) in [5.41, 5.74) is 1.43. The maximum Gasteiger partial charge on any atom is 0.287 e. The third kappa shape index (κ3) is 3.28. The topological polar surface area (TPSA) is 104 Å². The van der Waals surface area contributed by atoms with E-state index in [1.807, 2.05) is 17.9 Å². The van der Waals surface area contributed by atoms with Gasteiger partial charge in [0.1, 0.15) is 11.5 Å². The van der Waals surface area contributed by atoms with Crippen molar-refractivity contribution in [2.45, 2.75) is 26.2 Å². The highest BCUT2D eigenvalue weighted by molar-refractivity contribution is 5.96. The number of aryl methyl sites for hydroxylation is 1. The predicted octanol–water partition coefficient (Wildman–Crippen LogP) is 2.53. The van der Waals surface area contributed by atoms with Crippen LogP contribution in [-0.2, 0) is 0 Å². The fourth-order valence-corrected chi connectivity index (χ4v) is 4.49. The van der Waals surface area contributed by atoms with E-state index in [2.05, 4.69) is 20.3 Å². The molecule has 1 saturated heterocycles. The van der Waals surface area contributed by atoms with Gasteiger partial charge in [0, 0.05) is 31.2 Å². The summed E-state index contributed by atoms with van der Waals surface area (Å²) in [6, 6.07) is 3.57. The largest absolute Gasteiger partial charge is 0.449 e. The number of likely N-dealkylation sites (tertiary alicyclic amines) is 1. The molecule has 8 nitrogen and oxygen atoms in total. The second-order valence-electron chi connectivity index (χ2n) is 8.17. The zero-order valence-corrected chi connectivity index (χ0v) is 16.3. The van der Waals surface area contributed by atoms with Crippen molar-refractivity contribution >= 4 is 22.8 Å². The number of H-pyrrole nitrogens is 1. The third-order valence-electron chi connectivity index (χ3n) is 6.39. The molecule has 1 saturated carbocycles. The van der Waals surface area contributed by atoms with Crippen molar-refractivity contribution in [1.29, 1.82) is 0 Å². The fourth-order valence-electron chi connectivity index (χ4n) is 4.49. The van der Waals surface area contributed by atoms with E-state index in [4.69, 9.17) is 4.42 Å². The molecule has 2 aliphatic rings. The van der Waals surface area contributed by atoms with E-state index in [0.717, 1.165) is 43.6 Å². The van der Waals surface area contributed by atoms with Crippen molar-refractivity contribution in [3.05, 3.63) is 48.0 Å². The molecule has 1 atom stereocenters. The molecule has 4 heterocycles. The molecule has 150 valence electrons. The number of hydrogen-bond donors (Lipinski definition) is 2. The highest BCUT2D eigenvalue weighted by atomic mass is 16.3. The predicted molar refractivity (Wildman–Crippen MR) is 105 cm³/mol. The van der Waals surface area contributed by atoms with Gasteiger partial charge in [0.15, 0.2) is 11.3 Å². The molecule has 2 fully saturated rings. The molecule has 0 aromatic carbocycles. The molecular formula is C21H23N5O3. The van der Waals surface area contributed by atoms with Gasteiger partial charge in [0.25, 0.3) is 11.8 Å². The van der Waals surface area contributed by atoms with E-state index in [1.54, 1.807) is 24.7 Å².